The Morgan fingerprint density at radius 2 is 2.12 bits per heavy atom. The maximum atomic E-state index is 9.19. The molecule has 1 aliphatic rings. The van der Waals surface area contributed by atoms with Crippen LogP contribution in [0, 0.1) is 18.3 Å². The Labute approximate surface area is 141 Å². The number of nitrogens with zero attached hydrogens (tertiary/aromatic N) is 4. The molecule has 1 aromatic carbocycles. The van der Waals surface area contributed by atoms with Gasteiger partial charge < -0.3 is 20.6 Å². The normalized spacial score (nSPS) is 12.5. The Morgan fingerprint density at radius 1 is 1.33 bits per heavy atom. The molecule has 1 aromatic heterocycles. The van der Waals surface area contributed by atoms with Crippen molar-refractivity contribution in [2.24, 2.45) is 0 Å². The average molecular weight is 324 g/mol. The number of anilines is 3. The molecular weight excluding hydrogens is 304 g/mol. The summed E-state index contributed by atoms with van der Waals surface area (Å²) in [6.45, 7) is 4.07. The van der Waals surface area contributed by atoms with Crippen molar-refractivity contribution in [3.63, 3.8) is 0 Å². The topological polar surface area (TPSA) is 97.1 Å². The molecule has 0 spiro atoms. The predicted molar refractivity (Wildman–Crippen MR) is 92.8 cm³/mol. The molecule has 124 valence electrons. The van der Waals surface area contributed by atoms with E-state index in [0.717, 1.165) is 11.3 Å². The van der Waals surface area contributed by atoms with Gasteiger partial charge in [0.1, 0.15) is 11.8 Å². The van der Waals surface area contributed by atoms with Gasteiger partial charge in [0, 0.05) is 19.7 Å². The number of rotatable bonds is 6. The van der Waals surface area contributed by atoms with Crippen LogP contribution in [0.3, 0.4) is 0 Å². The SMILES string of the molecule is Cc1ccc(CNc2nc(C#N)nc3c2NCN3CCCO)cc1. The van der Waals surface area contributed by atoms with Crippen molar-refractivity contribution in [1.82, 2.24) is 9.97 Å². The molecule has 0 atom stereocenters. The third-order valence-corrected chi connectivity index (χ3v) is 3.90. The van der Waals surface area contributed by atoms with Crippen LogP contribution in [0.4, 0.5) is 17.3 Å². The van der Waals surface area contributed by atoms with Gasteiger partial charge >= 0.3 is 0 Å². The minimum absolute atomic E-state index is 0.126. The second-order valence-corrected chi connectivity index (χ2v) is 5.72. The zero-order chi connectivity index (χ0) is 16.9. The molecule has 7 heteroatoms. The number of nitriles is 1. The van der Waals surface area contributed by atoms with Gasteiger partial charge in [0.2, 0.25) is 5.82 Å². The lowest BCUT2D eigenvalue weighted by molar-refractivity contribution is 0.290. The van der Waals surface area contributed by atoms with Crippen LogP contribution in [0.25, 0.3) is 0 Å². The lowest BCUT2D eigenvalue weighted by Gasteiger charge is -2.16. The summed E-state index contributed by atoms with van der Waals surface area (Å²) in [6.07, 6.45) is 0.652. The summed E-state index contributed by atoms with van der Waals surface area (Å²) in [6, 6.07) is 10.3. The molecule has 7 nitrogen and oxygen atoms in total. The van der Waals surface area contributed by atoms with Gasteiger partial charge in [0.05, 0.1) is 6.67 Å². The summed E-state index contributed by atoms with van der Waals surface area (Å²) in [5.41, 5.74) is 3.16. The van der Waals surface area contributed by atoms with E-state index in [4.69, 9.17) is 5.11 Å². The lowest BCUT2D eigenvalue weighted by Crippen LogP contribution is -2.25. The molecule has 0 fully saturated rings. The highest BCUT2D eigenvalue weighted by Gasteiger charge is 2.25. The first kappa shape index (κ1) is 16.0. The van der Waals surface area contributed by atoms with Crippen molar-refractivity contribution in [3.8, 4) is 6.07 Å². The van der Waals surface area contributed by atoms with Crippen molar-refractivity contribution < 1.29 is 5.11 Å². The van der Waals surface area contributed by atoms with E-state index in [-0.39, 0.29) is 12.4 Å². The number of benzene rings is 1. The van der Waals surface area contributed by atoms with E-state index in [2.05, 4.69) is 51.8 Å². The van der Waals surface area contributed by atoms with Crippen LogP contribution in [0.15, 0.2) is 24.3 Å². The fourth-order valence-electron chi connectivity index (χ4n) is 2.61. The Morgan fingerprint density at radius 3 is 2.83 bits per heavy atom. The largest absolute Gasteiger partial charge is 0.396 e. The Kier molecular flexibility index (Phi) is 4.77. The second kappa shape index (κ2) is 7.15. The summed E-state index contributed by atoms with van der Waals surface area (Å²) < 4.78 is 0. The summed E-state index contributed by atoms with van der Waals surface area (Å²) >= 11 is 0. The highest BCUT2D eigenvalue weighted by molar-refractivity contribution is 5.81. The van der Waals surface area contributed by atoms with Crippen molar-refractivity contribution in [2.75, 3.05) is 35.4 Å². The maximum Gasteiger partial charge on any atom is 0.236 e. The molecule has 0 saturated carbocycles. The Balaban J connectivity index is 1.81. The Bertz CT molecular complexity index is 753. The molecule has 0 amide bonds. The van der Waals surface area contributed by atoms with Crippen LogP contribution in [0.1, 0.15) is 23.4 Å². The number of nitrogens with one attached hydrogen (secondary N) is 2. The molecule has 3 N–H and O–H groups in total. The van der Waals surface area contributed by atoms with Crippen molar-refractivity contribution in [1.29, 1.82) is 5.26 Å². The second-order valence-electron chi connectivity index (χ2n) is 5.72. The first-order chi connectivity index (χ1) is 11.7. The number of aliphatic hydroxyl groups is 1. The molecular formula is C17H20N6O. The van der Waals surface area contributed by atoms with E-state index in [1.165, 1.54) is 5.56 Å². The van der Waals surface area contributed by atoms with Crippen molar-refractivity contribution in [2.45, 2.75) is 19.9 Å². The van der Waals surface area contributed by atoms with Gasteiger partial charge in [-0.05, 0) is 18.9 Å². The lowest BCUT2D eigenvalue weighted by atomic mass is 10.1. The van der Waals surface area contributed by atoms with Crippen LogP contribution < -0.4 is 15.5 Å². The molecule has 0 saturated heterocycles. The zero-order valence-electron chi connectivity index (χ0n) is 13.6. The number of hydrogen-bond acceptors (Lipinski definition) is 7. The van der Waals surface area contributed by atoms with Crippen molar-refractivity contribution in [3.05, 3.63) is 41.2 Å². The third-order valence-electron chi connectivity index (χ3n) is 3.90. The van der Waals surface area contributed by atoms with E-state index >= 15 is 0 Å². The molecule has 2 aromatic rings. The van der Waals surface area contributed by atoms with E-state index in [1.54, 1.807) is 0 Å². The van der Waals surface area contributed by atoms with Gasteiger partial charge in [-0.25, -0.2) is 0 Å². The molecule has 0 bridgehead atoms. The number of hydrogen-bond donors (Lipinski definition) is 3. The number of aromatic nitrogens is 2. The van der Waals surface area contributed by atoms with Gasteiger partial charge in [-0.3, -0.25) is 0 Å². The number of aryl methyl sites for hydroxylation is 1. The van der Waals surface area contributed by atoms with Crippen molar-refractivity contribution >= 4 is 17.3 Å². The number of fused-ring (bicyclic) bond motifs is 1. The summed E-state index contributed by atoms with van der Waals surface area (Å²) in [7, 11) is 0. The fraction of sp³-hybridized carbons (Fsp3) is 0.353. The molecule has 24 heavy (non-hydrogen) atoms. The van der Waals surface area contributed by atoms with Crippen LogP contribution in [-0.2, 0) is 6.54 Å². The minimum atomic E-state index is 0.126. The minimum Gasteiger partial charge on any atom is -0.396 e. The predicted octanol–water partition coefficient (Wildman–Crippen LogP) is 1.84. The van der Waals surface area contributed by atoms with Crippen LogP contribution in [0.2, 0.25) is 0 Å². The summed E-state index contributed by atoms with van der Waals surface area (Å²) in [5.74, 6) is 1.47. The average Bonchev–Trinajstić information content (AvgIpc) is 3.02. The zero-order valence-corrected chi connectivity index (χ0v) is 13.6. The number of aliphatic hydroxyl groups excluding tert-OH is 1. The summed E-state index contributed by atoms with van der Waals surface area (Å²) in [5, 5.41) is 24.8. The first-order valence-corrected chi connectivity index (χ1v) is 7.92. The summed E-state index contributed by atoms with van der Waals surface area (Å²) in [4.78, 5) is 10.6. The third kappa shape index (κ3) is 3.39. The quantitative estimate of drug-likeness (QED) is 0.746. The van der Waals surface area contributed by atoms with E-state index in [0.29, 0.717) is 37.8 Å². The molecule has 3 rings (SSSR count). The monoisotopic (exact) mass is 324 g/mol. The molecule has 1 aliphatic heterocycles. The molecule has 2 heterocycles. The van der Waals surface area contributed by atoms with Gasteiger partial charge in [0.15, 0.2) is 11.6 Å². The maximum absolute atomic E-state index is 9.19. The standard InChI is InChI=1S/C17H20N6O/c1-12-3-5-13(6-4-12)10-19-16-15-17(22-14(9-18)21-16)23(11-20-15)7-2-8-24/h3-6,20,24H,2,7-8,10-11H2,1H3,(H,19,21,22). The van der Waals surface area contributed by atoms with E-state index in [9.17, 15) is 5.26 Å². The van der Waals surface area contributed by atoms with Crippen LogP contribution in [0.5, 0.6) is 0 Å². The van der Waals surface area contributed by atoms with E-state index < -0.39 is 0 Å². The molecule has 0 unspecified atom stereocenters. The molecule has 0 radical (unpaired) electrons. The van der Waals surface area contributed by atoms with Crippen LogP contribution >= 0.6 is 0 Å². The van der Waals surface area contributed by atoms with Gasteiger partial charge in [-0.1, -0.05) is 29.8 Å². The highest BCUT2D eigenvalue weighted by atomic mass is 16.3. The van der Waals surface area contributed by atoms with E-state index in [1.807, 2.05) is 11.0 Å². The Hall–Kier alpha value is -2.85. The van der Waals surface area contributed by atoms with Gasteiger partial charge in [0.25, 0.3) is 0 Å². The first-order valence-electron chi connectivity index (χ1n) is 7.92. The van der Waals surface area contributed by atoms with Crippen LogP contribution in [-0.4, -0.2) is 34.9 Å². The van der Waals surface area contributed by atoms with Gasteiger partial charge in [-0.15, -0.1) is 0 Å². The van der Waals surface area contributed by atoms with Gasteiger partial charge in [-0.2, -0.15) is 15.2 Å². The molecule has 0 aliphatic carbocycles. The smallest absolute Gasteiger partial charge is 0.236 e. The fourth-order valence-corrected chi connectivity index (χ4v) is 2.61. The highest BCUT2D eigenvalue weighted by Crippen LogP contribution is 2.35.